The molecule has 1 aromatic rings. The second kappa shape index (κ2) is 4.31. The SMILES string of the molecule is Cc1occc1C(=O)N(C)CC(C)C. The molecule has 0 unspecified atom stereocenters. The first kappa shape index (κ1) is 10.8. The van der Waals surface area contributed by atoms with Crippen molar-refractivity contribution in [2.75, 3.05) is 13.6 Å². The van der Waals surface area contributed by atoms with Gasteiger partial charge in [-0.05, 0) is 18.9 Å². The van der Waals surface area contributed by atoms with Gasteiger partial charge in [-0.1, -0.05) is 13.8 Å². The number of nitrogens with zero attached hydrogens (tertiary/aromatic N) is 1. The van der Waals surface area contributed by atoms with E-state index in [4.69, 9.17) is 4.42 Å². The number of hydrogen-bond acceptors (Lipinski definition) is 2. The Hall–Kier alpha value is -1.25. The monoisotopic (exact) mass is 195 g/mol. The molecule has 1 rings (SSSR count). The zero-order valence-electron chi connectivity index (χ0n) is 9.20. The smallest absolute Gasteiger partial charge is 0.257 e. The Labute approximate surface area is 84.7 Å². The molecule has 3 nitrogen and oxygen atoms in total. The molecule has 0 aliphatic carbocycles. The molecule has 0 aromatic carbocycles. The van der Waals surface area contributed by atoms with E-state index in [9.17, 15) is 4.79 Å². The summed E-state index contributed by atoms with van der Waals surface area (Å²) in [5, 5.41) is 0. The standard InChI is InChI=1S/C11H17NO2/c1-8(2)7-12(4)11(13)10-5-6-14-9(10)3/h5-6,8H,7H2,1-4H3. The lowest BCUT2D eigenvalue weighted by Crippen LogP contribution is -2.30. The summed E-state index contributed by atoms with van der Waals surface area (Å²) in [6.45, 7) is 6.75. The minimum absolute atomic E-state index is 0.0324. The highest BCUT2D eigenvalue weighted by Gasteiger charge is 2.16. The molecule has 0 saturated carbocycles. The van der Waals surface area contributed by atoms with E-state index >= 15 is 0 Å². The highest BCUT2D eigenvalue weighted by atomic mass is 16.3. The molecule has 3 heteroatoms. The zero-order chi connectivity index (χ0) is 10.7. The number of furan rings is 1. The van der Waals surface area contributed by atoms with E-state index in [2.05, 4.69) is 13.8 Å². The number of hydrogen-bond donors (Lipinski definition) is 0. The second-order valence-corrected chi connectivity index (χ2v) is 3.97. The highest BCUT2D eigenvalue weighted by molar-refractivity contribution is 5.94. The fourth-order valence-electron chi connectivity index (χ4n) is 1.44. The molecule has 0 aliphatic heterocycles. The lowest BCUT2D eigenvalue weighted by molar-refractivity contribution is 0.0777. The summed E-state index contributed by atoms with van der Waals surface area (Å²) in [5.74, 6) is 1.20. The predicted molar refractivity (Wildman–Crippen MR) is 55.2 cm³/mol. The molecule has 0 saturated heterocycles. The van der Waals surface area contributed by atoms with Crippen LogP contribution < -0.4 is 0 Å². The van der Waals surface area contributed by atoms with Crippen LogP contribution in [0.15, 0.2) is 16.7 Å². The van der Waals surface area contributed by atoms with Crippen molar-refractivity contribution in [2.45, 2.75) is 20.8 Å². The molecule has 14 heavy (non-hydrogen) atoms. The van der Waals surface area contributed by atoms with Crippen LogP contribution in [0.3, 0.4) is 0 Å². The van der Waals surface area contributed by atoms with E-state index in [1.54, 1.807) is 24.2 Å². The first-order valence-electron chi connectivity index (χ1n) is 4.82. The number of carbonyl (C=O) groups is 1. The molecular weight excluding hydrogens is 178 g/mol. The molecule has 0 fully saturated rings. The topological polar surface area (TPSA) is 33.5 Å². The first-order valence-corrected chi connectivity index (χ1v) is 4.82. The first-order chi connectivity index (χ1) is 6.52. The summed E-state index contributed by atoms with van der Waals surface area (Å²) in [6, 6.07) is 1.72. The van der Waals surface area contributed by atoms with Gasteiger partial charge >= 0.3 is 0 Å². The maximum atomic E-state index is 11.8. The molecule has 0 N–H and O–H groups in total. The van der Waals surface area contributed by atoms with Crippen LogP contribution in [0.4, 0.5) is 0 Å². The minimum Gasteiger partial charge on any atom is -0.469 e. The van der Waals surface area contributed by atoms with Gasteiger partial charge in [0.1, 0.15) is 5.76 Å². The molecule has 0 radical (unpaired) electrons. The molecular formula is C11H17NO2. The average Bonchev–Trinajstić information content (AvgIpc) is 2.48. The van der Waals surface area contributed by atoms with Crippen LogP contribution in [0.1, 0.15) is 30.0 Å². The Kier molecular flexibility index (Phi) is 3.33. The van der Waals surface area contributed by atoms with E-state index in [1.165, 1.54) is 0 Å². The van der Waals surface area contributed by atoms with Gasteiger partial charge in [0.25, 0.3) is 5.91 Å². The van der Waals surface area contributed by atoms with Crippen LogP contribution in [0, 0.1) is 12.8 Å². The van der Waals surface area contributed by atoms with Crippen LogP contribution in [-0.2, 0) is 0 Å². The largest absolute Gasteiger partial charge is 0.469 e. The van der Waals surface area contributed by atoms with Crippen LogP contribution in [0.2, 0.25) is 0 Å². The molecule has 78 valence electrons. The Morgan fingerprint density at radius 1 is 1.57 bits per heavy atom. The van der Waals surface area contributed by atoms with Crippen molar-refractivity contribution in [3.63, 3.8) is 0 Å². The van der Waals surface area contributed by atoms with Crippen LogP contribution in [0.5, 0.6) is 0 Å². The van der Waals surface area contributed by atoms with Crippen molar-refractivity contribution in [1.29, 1.82) is 0 Å². The summed E-state index contributed by atoms with van der Waals surface area (Å²) < 4.78 is 5.09. The molecule has 0 bridgehead atoms. The van der Waals surface area contributed by atoms with Crippen molar-refractivity contribution in [3.05, 3.63) is 23.7 Å². The third kappa shape index (κ3) is 2.37. The number of carbonyl (C=O) groups excluding carboxylic acids is 1. The number of aryl methyl sites for hydroxylation is 1. The Balaban J connectivity index is 2.71. The summed E-state index contributed by atoms with van der Waals surface area (Å²) in [7, 11) is 1.81. The van der Waals surface area contributed by atoms with E-state index in [0.29, 0.717) is 17.2 Å². The molecule has 1 amide bonds. The zero-order valence-corrected chi connectivity index (χ0v) is 9.20. The van der Waals surface area contributed by atoms with Crippen molar-refractivity contribution in [2.24, 2.45) is 5.92 Å². The van der Waals surface area contributed by atoms with Gasteiger partial charge in [-0.2, -0.15) is 0 Å². The summed E-state index contributed by atoms with van der Waals surface area (Å²) >= 11 is 0. The van der Waals surface area contributed by atoms with Crippen LogP contribution in [-0.4, -0.2) is 24.4 Å². The lowest BCUT2D eigenvalue weighted by Gasteiger charge is -2.18. The Bertz CT molecular complexity index is 315. The third-order valence-electron chi connectivity index (χ3n) is 2.07. The fourth-order valence-corrected chi connectivity index (χ4v) is 1.44. The van der Waals surface area contributed by atoms with Gasteiger partial charge in [-0.3, -0.25) is 4.79 Å². The Morgan fingerprint density at radius 2 is 2.21 bits per heavy atom. The number of rotatable bonds is 3. The van der Waals surface area contributed by atoms with Gasteiger partial charge in [0, 0.05) is 13.6 Å². The minimum atomic E-state index is 0.0324. The van der Waals surface area contributed by atoms with Gasteiger partial charge in [0.05, 0.1) is 11.8 Å². The van der Waals surface area contributed by atoms with Crippen molar-refractivity contribution < 1.29 is 9.21 Å². The average molecular weight is 195 g/mol. The summed E-state index contributed by atoms with van der Waals surface area (Å²) in [6.07, 6.45) is 1.55. The van der Waals surface area contributed by atoms with E-state index in [0.717, 1.165) is 6.54 Å². The molecule has 0 aliphatic rings. The second-order valence-electron chi connectivity index (χ2n) is 3.97. The van der Waals surface area contributed by atoms with Gasteiger partial charge in [-0.15, -0.1) is 0 Å². The van der Waals surface area contributed by atoms with Gasteiger partial charge in [-0.25, -0.2) is 0 Å². The molecule has 0 spiro atoms. The normalized spacial score (nSPS) is 10.6. The summed E-state index contributed by atoms with van der Waals surface area (Å²) in [4.78, 5) is 13.6. The maximum Gasteiger partial charge on any atom is 0.257 e. The van der Waals surface area contributed by atoms with Crippen molar-refractivity contribution in [3.8, 4) is 0 Å². The Morgan fingerprint density at radius 3 is 2.64 bits per heavy atom. The maximum absolute atomic E-state index is 11.8. The van der Waals surface area contributed by atoms with E-state index < -0.39 is 0 Å². The highest BCUT2D eigenvalue weighted by Crippen LogP contribution is 2.11. The van der Waals surface area contributed by atoms with Crippen molar-refractivity contribution >= 4 is 5.91 Å². The predicted octanol–water partition coefficient (Wildman–Crippen LogP) is 2.32. The van der Waals surface area contributed by atoms with E-state index in [1.807, 2.05) is 7.05 Å². The molecule has 0 atom stereocenters. The van der Waals surface area contributed by atoms with Gasteiger partial charge < -0.3 is 9.32 Å². The number of amides is 1. The third-order valence-corrected chi connectivity index (χ3v) is 2.07. The van der Waals surface area contributed by atoms with Gasteiger partial charge in [0.15, 0.2) is 0 Å². The van der Waals surface area contributed by atoms with Gasteiger partial charge in [0.2, 0.25) is 0 Å². The van der Waals surface area contributed by atoms with Crippen molar-refractivity contribution in [1.82, 2.24) is 4.90 Å². The molecule has 1 heterocycles. The van der Waals surface area contributed by atoms with Crippen LogP contribution in [0.25, 0.3) is 0 Å². The van der Waals surface area contributed by atoms with E-state index in [-0.39, 0.29) is 5.91 Å². The van der Waals surface area contributed by atoms with Crippen LogP contribution >= 0.6 is 0 Å². The fraction of sp³-hybridized carbons (Fsp3) is 0.545. The summed E-state index contributed by atoms with van der Waals surface area (Å²) in [5.41, 5.74) is 0.660. The molecule has 1 aromatic heterocycles. The quantitative estimate of drug-likeness (QED) is 0.741. The lowest BCUT2D eigenvalue weighted by atomic mass is 10.2.